The molecular formula is C33H31ClF4N6O3S. The number of aromatic nitrogens is 2. The molecule has 1 unspecified atom stereocenters. The lowest BCUT2D eigenvalue weighted by Gasteiger charge is -2.36. The topological polar surface area (TPSA) is 98.7 Å². The summed E-state index contributed by atoms with van der Waals surface area (Å²) >= 11 is 6.02. The first-order valence-electron chi connectivity index (χ1n) is 15.3. The van der Waals surface area contributed by atoms with Gasteiger partial charge < -0.3 is 15.1 Å². The number of halogens is 5. The molecule has 1 N–H and O–H groups in total. The van der Waals surface area contributed by atoms with Crippen molar-refractivity contribution in [1.82, 2.24) is 19.6 Å². The normalized spacial score (nSPS) is 17.5. The highest BCUT2D eigenvalue weighted by molar-refractivity contribution is 7.89. The summed E-state index contributed by atoms with van der Waals surface area (Å²) in [6, 6.07) is 17.6. The highest BCUT2D eigenvalue weighted by Crippen LogP contribution is 2.32. The first-order chi connectivity index (χ1) is 22.9. The molecule has 252 valence electrons. The summed E-state index contributed by atoms with van der Waals surface area (Å²) in [5, 5.41) is 3.06. The molecule has 9 nitrogen and oxygen atoms in total. The third kappa shape index (κ3) is 7.25. The largest absolute Gasteiger partial charge is 0.416 e. The number of amides is 1. The average molecular weight is 703 g/mol. The Morgan fingerprint density at radius 2 is 1.60 bits per heavy atom. The molecule has 15 heteroatoms. The number of alkyl halides is 3. The molecule has 0 bridgehead atoms. The average Bonchev–Trinajstić information content (AvgIpc) is 3.59. The van der Waals surface area contributed by atoms with Crippen molar-refractivity contribution in [2.45, 2.75) is 36.5 Å². The minimum Gasteiger partial charge on any atom is -0.366 e. The van der Waals surface area contributed by atoms with Crippen molar-refractivity contribution in [3.05, 3.63) is 101 Å². The number of hydrogen-bond donors (Lipinski definition) is 1. The summed E-state index contributed by atoms with van der Waals surface area (Å²) in [6.07, 6.45) is -3.69. The van der Waals surface area contributed by atoms with Gasteiger partial charge in [-0.15, -0.1) is 0 Å². The van der Waals surface area contributed by atoms with Gasteiger partial charge in [-0.05, 0) is 61.4 Å². The molecule has 0 aliphatic carbocycles. The molecule has 0 saturated carbocycles. The Labute approximate surface area is 280 Å². The molecule has 1 amide bonds. The van der Waals surface area contributed by atoms with E-state index in [1.807, 2.05) is 9.80 Å². The van der Waals surface area contributed by atoms with Gasteiger partial charge >= 0.3 is 6.18 Å². The number of benzene rings is 3. The quantitative estimate of drug-likeness (QED) is 0.234. The van der Waals surface area contributed by atoms with Crippen molar-refractivity contribution in [2.24, 2.45) is 0 Å². The summed E-state index contributed by atoms with van der Waals surface area (Å²) in [7, 11) is -4.00. The number of anilines is 2. The predicted octanol–water partition coefficient (Wildman–Crippen LogP) is 5.75. The minimum absolute atomic E-state index is 0.00794. The van der Waals surface area contributed by atoms with Gasteiger partial charge in [0.2, 0.25) is 21.9 Å². The van der Waals surface area contributed by atoms with E-state index in [1.165, 1.54) is 40.7 Å². The van der Waals surface area contributed by atoms with Gasteiger partial charge in [0.05, 0.1) is 34.1 Å². The summed E-state index contributed by atoms with van der Waals surface area (Å²) < 4.78 is 82.1. The Hall–Kier alpha value is -4.27. The third-order valence-corrected chi connectivity index (χ3v) is 10.5. The molecule has 1 aromatic heterocycles. The molecule has 48 heavy (non-hydrogen) atoms. The zero-order chi connectivity index (χ0) is 34.1. The van der Waals surface area contributed by atoms with Crippen LogP contribution in [0.15, 0.2) is 83.8 Å². The van der Waals surface area contributed by atoms with Crippen LogP contribution < -0.4 is 15.1 Å². The van der Waals surface area contributed by atoms with E-state index in [1.54, 1.807) is 30.3 Å². The lowest BCUT2D eigenvalue weighted by atomic mass is 10.1. The van der Waals surface area contributed by atoms with E-state index in [0.717, 1.165) is 12.1 Å². The minimum atomic E-state index is -4.50. The maximum absolute atomic E-state index is 14.4. The number of sulfonamides is 1. The number of piperazine rings is 1. The molecule has 2 saturated heterocycles. The highest BCUT2D eigenvalue weighted by Gasteiger charge is 2.39. The van der Waals surface area contributed by atoms with Gasteiger partial charge in [0.25, 0.3) is 0 Å². The summed E-state index contributed by atoms with van der Waals surface area (Å²) in [4.78, 5) is 26.5. The van der Waals surface area contributed by atoms with E-state index >= 15 is 0 Å². The Balaban J connectivity index is 1.23. The molecule has 1 atom stereocenters. The van der Waals surface area contributed by atoms with Crippen LogP contribution in [-0.4, -0.2) is 67.4 Å². The second-order valence-corrected chi connectivity index (χ2v) is 13.8. The van der Waals surface area contributed by atoms with Crippen molar-refractivity contribution in [3.63, 3.8) is 0 Å². The monoisotopic (exact) mass is 702 g/mol. The fourth-order valence-corrected chi connectivity index (χ4v) is 7.85. The summed E-state index contributed by atoms with van der Waals surface area (Å²) in [5.41, 5.74) is 0.825. The number of carbonyl (C=O) groups excluding carboxylic acids is 1. The highest BCUT2D eigenvalue weighted by atomic mass is 35.5. The number of para-hydroxylation sites is 1. The van der Waals surface area contributed by atoms with Gasteiger partial charge in [-0.1, -0.05) is 41.9 Å². The van der Waals surface area contributed by atoms with E-state index in [0.29, 0.717) is 67.6 Å². The molecule has 2 aliphatic rings. The molecule has 6 rings (SSSR count). The van der Waals surface area contributed by atoms with E-state index in [9.17, 15) is 30.8 Å². The van der Waals surface area contributed by atoms with Crippen LogP contribution in [0.5, 0.6) is 0 Å². The molecule has 0 radical (unpaired) electrons. The van der Waals surface area contributed by atoms with Crippen LogP contribution in [0, 0.1) is 5.82 Å². The molecule has 4 aromatic rings. The Morgan fingerprint density at radius 3 is 2.29 bits per heavy atom. The van der Waals surface area contributed by atoms with Crippen molar-refractivity contribution < 1.29 is 30.8 Å². The van der Waals surface area contributed by atoms with Crippen LogP contribution in [0.1, 0.15) is 24.1 Å². The van der Waals surface area contributed by atoms with Gasteiger partial charge in [-0.3, -0.25) is 4.79 Å². The summed E-state index contributed by atoms with van der Waals surface area (Å²) in [6.45, 7) is 1.91. The van der Waals surface area contributed by atoms with Gasteiger partial charge in [0, 0.05) is 43.3 Å². The molecule has 2 aliphatic heterocycles. The number of nitrogens with one attached hydrogen (secondary N) is 1. The van der Waals surface area contributed by atoms with Crippen LogP contribution in [0.25, 0.3) is 11.3 Å². The second-order valence-electron chi connectivity index (χ2n) is 11.5. The molecule has 0 spiro atoms. The fourth-order valence-electron chi connectivity index (χ4n) is 5.90. The first-order valence-corrected chi connectivity index (χ1v) is 17.1. The van der Waals surface area contributed by atoms with Crippen molar-refractivity contribution in [1.29, 1.82) is 0 Å². The smallest absolute Gasteiger partial charge is 0.366 e. The van der Waals surface area contributed by atoms with Gasteiger partial charge in [-0.2, -0.15) is 17.5 Å². The second kappa shape index (κ2) is 13.7. The van der Waals surface area contributed by atoms with Crippen molar-refractivity contribution in [2.75, 3.05) is 42.5 Å². The Bertz CT molecular complexity index is 1900. The van der Waals surface area contributed by atoms with Crippen molar-refractivity contribution in [3.8, 4) is 11.3 Å². The van der Waals surface area contributed by atoms with Gasteiger partial charge in [0.15, 0.2) is 0 Å². The summed E-state index contributed by atoms with van der Waals surface area (Å²) in [5.74, 6) is -0.533. The zero-order valence-corrected chi connectivity index (χ0v) is 27.1. The maximum Gasteiger partial charge on any atom is 0.416 e. The zero-order valence-electron chi connectivity index (χ0n) is 25.5. The fraction of sp³-hybridized carbons (Fsp3) is 0.303. The van der Waals surface area contributed by atoms with Gasteiger partial charge in [0.1, 0.15) is 11.9 Å². The lowest BCUT2D eigenvalue weighted by Crippen LogP contribution is -2.47. The lowest BCUT2D eigenvalue weighted by molar-refractivity contribution is -0.137. The van der Waals surface area contributed by atoms with E-state index in [-0.39, 0.29) is 28.8 Å². The van der Waals surface area contributed by atoms with Crippen LogP contribution in [0.2, 0.25) is 5.02 Å². The SMILES string of the molecule is O=C(NCc1cc(-c2ccc(C(F)(F)F)cc2)nc(N2CCN(c3ccccc3F)CC2)n1)C1CCCN1S(=O)(=O)c1cccc(Cl)c1. The Kier molecular flexibility index (Phi) is 9.59. The van der Waals surface area contributed by atoms with Crippen LogP contribution in [0.4, 0.5) is 29.2 Å². The molecule has 3 heterocycles. The van der Waals surface area contributed by atoms with E-state index < -0.39 is 33.7 Å². The third-order valence-electron chi connectivity index (χ3n) is 8.38. The number of hydrogen-bond acceptors (Lipinski definition) is 7. The molecular weight excluding hydrogens is 672 g/mol. The Morgan fingerprint density at radius 1 is 0.896 bits per heavy atom. The molecule has 3 aromatic carbocycles. The van der Waals surface area contributed by atoms with Crippen LogP contribution in [0.3, 0.4) is 0 Å². The maximum atomic E-state index is 14.4. The van der Waals surface area contributed by atoms with Gasteiger partial charge in [-0.25, -0.2) is 22.8 Å². The van der Waals surface area contributed by atoms with Crippen LogP contribution in [-0.2, 0) is 27.5 Å². The predicted molar refractivity (Wildman–Crippen MR) is 174 cm³/mol. The molecule has 2 fully saturated rings. The van der Waals surface area contributed by atoms with Crippen LogP contribution >= 0.6 is 11.6 Å². The first kappa shape index (κ1) is 33.6. The van der Waals surface area contributed by atoms with E-state index in [2.05, 4.69) is 15.3 Å². The number of carbonyl (C=O) groups is 1. The van der Waals surface area contributed by atoms with Crippen molar-refractivity contribution >= 4 is 39.2 Å². The number of rotatable bonds is 8. The van der Waals surface area contributed by atoms with E-state index in [4.69, 9.17) is 11.6 Å². The number of nitrogens with zero attached hydrogens (tertiary/aromatic N) is 5. The standard InChI is InChI=1S/C33H31ClF4N6O3S/c34-24-5-3-6-26(19-24)48(46,47)44-14-4-9-30(44)31(45)39-21-25-20-28(22-10-12-23(13-11-22)33(36,37)38)41-32(40-25)43-17-15-42(16-18-43)29-8-2-1-7-27(29)35/h1-3,5-8,10-13,19-20,30H,4,9,14-18,21H2,(H,39,45).